The van der Waals surface area contributed by atoms with Crippen LogP contribution in [0.15, 0.2) is 42.6 Å². The summed E-state index contributed by atoms with van der Waals surface area (Å²) < 4.78 is 13.2. The third kappa shape index (κ3) is 4.02. The van der Waals surface area contributed by atoms with Crippen LogP contribution in [-0.2, 0) is 4.79 Å². The summed E-state index contributed by atoms with van der Waals surface area (Å²) in [6, 6.07) is 8.44. The van der Waals surface area contributed by atoms with Gasteiger partial charge < -0.3 is 15.1 Å². The van der Waals surface area contributed by atoms with Crippen molar-refractivity contribution in [3.8, 4) is 0 Å². The van der Waals surface area contributed by atoms with Crippen LogP contribution in [0, 0.1) is 5.82 Å². The van der Waals surface area contributed by atoms with Gasteiger partial charge in [-0.15, -0.1) is 0 Å². The van der Waals surface area contributed by atoms with Gasteiger partial charge in [0.15, 0.2) is 0 Å². The first-order chi connectivity index (χ1) is 12.6. The molecule has 3 rings (SSSR count). The number of anilines is 1. The third-order valence-electron chi connectivity index (χ3n) is 4.07. The highest BCUT2D eigenvalue weighted by molar-refractivity contribution is 6.05. The molecule has 0 atom stereocenters. The molecule has 0 bridgehead atoms. The van der Waals surface area contributed by atoms with Crippen molar-refractivity contribution in [3.63, 3.8) is 0 Å². The molecule has 2 aromatic rings. The van der Waals surface area contributed by atoms with Gasteiger partial charge in [-0.3, -0.25) is 19.4 Å². The molecule has 3 amide bonds. The molecule has 1 fully saturated rings. The number of pyridine rings is 1. The van der Waals surface area contributed by atoms with E-state index >= 15 is 0 Å². The van der Waals surface area contributed by atoms with Crippen LogP contribution in [0.5, 0.6) is 0 Å². The second kappa shape index (κ2) is 7.73. The lowest BCUT2D eigenvalue weighted by molar-refractivity contribution is -0.119. The summed E-state index contributed by atoms with van der Waals surface area (Å²) in [6.45, 7) is 1.77. The van der Waals surface area contributed by atoms with Gasteiger partial charge in [0.2, 0.25) is 6.41 Å². The van der Waals surface area contributed by atoms with Gasteiger partial charge in [0.25, 0.3) is 11.8 Å². The maximum absolute atomic E-state index is 13.2. The lowest BCUT2D eigenvalue weighted by Crippen LogP contribution is -2.48. The average molecular weight is 356 g/mol. The van der Waals surface area contributed by atoms with Crippen molar-refractivity contribution in [3.05, 3.63) is 59.7 Å². The van der Waals surface area contributed by atoms with E-state index in [2.05, 4.69) is 10.3 Å². The summed E-state index contributed by atoms with van der Waals surface area (Å²) in [5.41, 5.74) is 0.722. The number of amides is 3. The molecule has 2 heterocycles. The number of rotatable bonds is 4. The number of aromatic nitrogens is 1. The molecule has 26 heavy (non-hydrogen) atoms. The predicted octanol–water partition coefficient (Wildman–Crippen LogP) is 1.39. The fourth-order valence-corrected chi connectivity index (χ4v) is 2.65. The average Bonchev–Trinajstić information content (AvgIpc) is 2.67. The molecule has 7 nitrogen and oxygen atoms in total. The minimum atomic E-state index is -0.460. The van der Waals surface area contributed by atoms with Crippen molar-refractivity contribution in [1.82, 2.24) is 14.8 Å². The van der Waals surface area contributed by atoms with Crippen molar-refractivity contribution in [1.29, 1.82) is 0 Å². The van der Waals surface area contributed by atoms with Crippen LogP contribution >= 0.6 is 0 Å². The topological polar surface area (TPSA) is 82.6 Å². The maximum Gasteiger partial charge on any atom is 0.272 e. The van der Waals surface area contributed by atoms with Crippen molar-refractivity contribution >= 4 is 23.9 Å². The molecule has 1 aliphatic rings. The summed E-state index contributed by atoms with van der Waals surface area (Å²) in [7, 11) is 0. The van der Waals surface area contributed by atoms with Crippen LogP contribution in [0.25, 0.3) is 0 Å². The quantitative estimate of drug-likeness (QED) is 0.839. The van der Waals surface area contributed by atoms with E-state index < -0.39 is 11.7 Å². The smallest absolute Gasteiger partial charge is 0.272 e. The Bertz CT molecular complexity index is 835. The van der Waals surface area contributed by atoms with Gasteiger partial charge in [0, 0.05) is 43.6 Å². The van der Waals surface area contributed by atoms with E-state index in [9.17, 15) is 18.8 Å². The molecule has 0 aliphatic carbocycles. The Kier molecular flexibility index (Phi) is 5.21. The SMILES string of the molecule is O=CN1CCN(C(=O)c2cc(C(=O)Nc3cccc(F)c3)ccn2)CC1. The summed E-state index contributed by atoms with van der Waals surface area (Å²) in [5.74, 6) is -1.21. The molecule has 0 radical (unpaired) electrons. The minimum absolute atomic E-state index is 0.149. The summed E-state index contributed by atoms with van der Waals surface area (Å²) in [5, 5.41) is 2.58. The molecular weight excluding hydrogens is 339 g/mol. The van der Waals surface area contributed by atoms with Gasteiger partial charge >= 0.3 is 0 Å². The summed E-state index contributed by atoms with van der Waals surface area (Å²) in [6.07, 6.45) is 2.15. The van der Waals surface area contributed by atoms with Crippen molar-refractivity contribution in [2.24, 2.45) is 0 Å². The number of hydrogen-bond acceptors (Lipinski definition) is 4. The standard InChI is InChI=1S/C18H17FN4O3/c19-14-2-1-3-15(11-14)21-17(25)13-4-5-20-16(10-13)18(26)23-8-6-22(12-24)7-9-23/h1-5,10-12H,6-9H2,(H,21,25). The van der Waals surface area contributed by atoms with Gasteiger partial charge in [-0.1, -0.05) is 6.07 Å². The Labute approximate surface area is 149 Å². The Morgan fingerprint density at radius 2 is 1.88 bits per heavy atom. The summed E-state index contributed by atoms with van der Waals surface area (Å²) >= 11 is 0. The zero-order chi connectivity index (χ0) is 18.5. The van der Waals surface area contributed by atoms with Crippen LogP contribution in [0.3, 0.4) is 0 Å². The van der Waals surface area contributed by atoms with E-state index in [1.807, 2.05) is 0 Å². The first kappa shape index (κ1) is 17.5. The van der Waals surface area contributed by atoms with E-state index in [1.165, 1.54) is 36.5 Å². The number of hydrogen-bond donors (Lipinski definition) is 1. The Morgan fingerprint density at radius 3 is 2.58 bits per heavy atom. The van der Waals surface area contributed by atoms with E-state index in [0.29, 0.717) is 31.9 Å². The lowest BCUT2D eigenvalue weighted by Gasteiger charge is -2.32. The van der Waals surface area contributed by atoms with Crippen LogP contribution in [-0.4, -0.2) is 59.2 Å². The van der Waals surface area contributed by atoms with E-state index in [4.69, 9.17) is 0 Å². The number of benzene rings is 1. The molecule has 0 spiro atoms. The fraction of sp³-hybridized carbons (Fsp3) is 0.222. The highest BCUT2D eigenvalue weighted by Gasteiger charge is 2.23. The Hall–Kier alpha value is -3.29. The number of nitrogens with one attached hydrogen (secondary N) is 1. The van der Waals surface area contributed by atoms with Crippen LogP contribution < -0.4 is 5.32 Å². The summed E-state index contributed by atoms with van der Waals surface area (Å²) in [4.78, 5) is 42.8. The Balaban J connectivity index is 1.70. The van der Waals surface area contributed by atoms with Crippen molar-refractivity contribution in [2.45, 2.75) is 0 Å². The molecule has 1 N–H and O–H groups in total. The monoisotopic (exact) mass is 356 g/mol. The molecule has 1 aromatic carbocycles. The molecular formula is C18H17FN4O3. The van der Waals surface area contributed by atoms with Crippen LogP contribution in [0.4, 0.5) is 10.1 Å². The highest BCUT2D eigenvalue weighted by Crippen LogP contribution is 2.13. The van der Waals surface area contributed by atoms with E-state index in [-0.39, 0.29) is 17.2 Å². The second-order valence-corrected chi connectivity index (χ2v) is 5.83. The molecule has 1 aliphatic heterocycles. The molecule has 1 saturated heterocycles. The van der Waals surface area contributed by atoms with Gasteiger partial charge in [-0.05, 0) is 30.3 Å². The maximum atomic E-state index is 13.2. The van der Waals surface area contributed by atoms with Gasteiger partial charge in [-0.25, -0.2) is 4.39 Å². The normalized spacial score (nSPS) is 14.0. The largest absolute Gasteiger partial charge is 0.342 e. The number of carbonyl (C=O) groups excluding carboxylic acids is 3. The first-order valence-electron chi connectivity index (χ1n) is 8.08. The molecule has 0 unspecified atom stereocenters. The van der Waals surface area contributed by atoms with Gasteiger partial charge in [-0.2, -0.15) is 0 Å². The predicted molar refractivity (Wildman–Crippen MR) is 92.1 cm³/mol. The molecule has 0 saturated carbocycles. The third-order valence-corrected chi connectivity index (χ3v) is 4.07. The second-order valence-electron chi connectivity index (χ2n) is 5.83. The molecule has 8 heteroatoms. The zero-order valence-electron chi connectivity index (χ0n) is 13.9. The molecule has 1 aromatic heterocycles. The van der Waals surface area contributed by atoms with Crippen LogP contribution in [0.2, 0.25) is 0 Å². The van der Waals surface area contributed by atoms with Crippen molar-refractivity contribution in [2.75, 3.05) is 31.5 Å². The highest BCUT2D eigenvalue weighted by atomic mass is 19.1. The Morgan fingerprint density at radius 1 is 1.12 bits per heavy atom. The first-order valence-corrected chi connectivity index (χ1v) is 8.08. The van der Waals surface area contributed by atoms with Crippen LogP contribution in [0.1, 0.15) is 20.8 Å². The van der Waals surface area contributed by atoms with Gasteiger partial charge in [0.1, 0.15) is 11.5 Å². The zero-order valence-corrected chi connectivity index (χ0v) is 13.9. The van der Waals surface area contributed by atoms with E-state index in [0.717, 1.165) is 6.41 Å². The van der Waals surface area contributed by atoms with E-state index in [1.54, 1.807) is 15.9 Å². The number of halogens is 1. The number of carbonyl (C=O) groups is 3. The fourth-order valence-electron chi connectivity index (χ4n) is 2.65. The molecule has 134 valence electrons. The van der Waals surface area contributed by atoms with Crippen molar-refractivity contribution < 1.29 is 18.8 Å². The van der Waals surface area contributed by atoms with Gasteiger partial charge in [0.05, 0.1) is 0 Å². The lowest BCUT2D eigenvalue weighted by atomic mass is 10.2. The number of piperazine rings is 1. The minimum Gasteiger partial charge on any atom is -0.342 e. The number of nitrogens with zero attached hydrogens (tertiary/aromatic N) is 3.